The Morgan fingerprint density at radius 3 is 2.46 bits per heavy atom. The van der Waals surface area contributed by atoms with E-state index < -0.39 is 11.6 Å². The summed E-state index contributed by atoms with van der Waals surface area (Å²) in [6, 6.07) is 14.0. The highest BCUT2D eigenvalue weighted by atomic mass is 16.6. The Balaban J connectivity index is 2.30. The van der Waals surface area contributed by atoms with Crippen LogP contribution in [0.2, 0.25) is 0 Å². The Kier molecular flexibility index (Phi) is 3.93. The number of carbonyl (C=O) groups is 1. The van der Waals surface area contributed by atoms with Crippen molar-refractivity contribution in [1.29, 1.82) is 0 Å². The number of ether oxygens (including phenoxy) is 1. The van der Waals surface area contributed by atoms with Gasteiger partial charge in [-0.15, -0.1) is 0 Å². The van der Waals surface area contributed by atoms with Gasteiger partial charge in [0.25, 0.3) is 5.56 Å². The van der Waals surface area contributed by atoms with Crippen LogP contribution in [0.15, 0.2) is 59.5 Å². The first-order chi connectivity index (χ1) is 11.4. The normalized spacial score (nSPS) is 11.5. The van der Waals surface area contributed by atoms with Gasteiger partial charge in [0.15, 0.2) is 0 Å². The second-order valence-electron chi connectivity index (χ2n) is 6.45. The molecule has 5 nitrogen and oxygen atoms in total. The molecule has 0 spiro atoms. The quantitative estimate of drug-likeness (QED) is 0.679. The van der Waals surface area contributed by atoms with E-state index in [4.69, 9.17) is 4.74 Å². The standard InChI is InChI=1S/C19H18N2O3/c1-19(2,3)24-18(23)15-12-13-8-4-5-9-14(13)17(22)21(15)16-10-6-7-11-20-16/h4-12H,1-3H3. The topological polar surface area (TPSA) is 61.2 Å². The van der Waals surface area contributed by atoms with Crippen LogP contribution in [0, 0.1) is 0 Å². The molecular weight excluding hydrogens is 304 g/mol. The number of carbonyl (C=O) groups excluding carboxylic acids is 1. The van der Waals surface area contributed by atoms with Crippen LogP contribution in [-0.4, -0.2) is 21.1 Å². The highest BCUT2D eigenvalue weighted by Gasteiger charge is 2.23. The molecule has 0 aliphatic carbocycles. The van der Waals surface area contributed by atoms with Crippen molar-refractivity contribution in [1.82, 2.24) is 9.55 Å². The van der Waals surface area contributed by atoms with Crippen LogP contribution in [-0.2, 0) is 4.74 Å². The Bertz CT molecular complexity index is 954. The first kappa shape index (κ1) is 15.9. The van der Waals surface area contributed by atoms with Crippen LogP contribution >= 0.6 is 0 Å². The highest BCUT2D eigenvalue weighted by Crippen LogP contribution is 2.18. The average Bonchev–Trinajstić information content (AvgIpc) is 2.54. The maximum Gasteiger partial charge on any atom is 0.356 e. The molecule has 0 radical (unpaired) electrons. The van der Waals surface area contributed by atoms with Crippen LogP contribution in [0.1, 0.15) is 31.3 Å². The van der Waals surface area contributed by atoms with Gasteiger partial charge in [0.1, 0.15) is 17.1 Å². The molecule has 2 heterocycles. The SMILES string of the molecule is CC(C)(C)OC(=O)c1cc2ccccc2c(=O)n1-c1ccccn1. The number of esters is 1. The maximum absolute atomic E-state index is 12.9. The van der Waals surface area contributed by atoms with Gasteiger partial charge in [0.05, 0.1) is 0 Å². The van der Waals surface area contributed by atoms with Crippen LogP contribution in [0.4, 0.5) is 0 Å². The number of nitrogens with zero attached hydrogens (tertiary/aromatic N) is 2. The summed E-state index contributed by atoms with van der Waals surface area (Å²) < 4.78 is 6.77. The molecule has 2 aromatic heterocycles. The molecule has 122 valence electrons. The summed E-state index contributed by atoms with van der Waals surface area (Å²) in [5, 5.41) is 1.21. The molecular formula is C19H18N2O3. The Hall–Kier alpha value is -2.95. The number of benzene rings is 1. The molecule has 0 saturated carbocycles. The lowest BCUT2D eigenvalue weighted by atomic mass is 10.1. The van der Waals surface area contributed by atoms with E-state index in [-0.39, 0.29) is 11.3 Å². The largest absolute Gasteiger partial charge is 0.455 e. The van der Waals surface area contributed by atoms with Crippen molar-refractivity contribution >= 4 is 16.7 Å². The number of hydrogen-bond donors (Lipinski definition) is 0. The molecule has 3 aromatic rings. The summed E-state index contributed by atoms with van der Waals surface area (Å²) in [5.74, 6) is -0.176. The van der Waals surface area contributed by atoms with Crippen LogP contribution in [0.25, 0.3) is 16.6 Å². The lowest BCUT2D eigenvalue weighted by Crippen LogP contribution is -2.30. The van der Waals surface area contributed by atoms with Crippen molar-refractivity contribution in [2.75, 3.05) is 0 Å². The first-order valence-corrected chi connectivity index (χ1v) is 7.66. The summed E-state index contributed by atoms with van der Waals surface area (Å²) in [7, 11) is 0. The number of aromatic nitrogens is 2. The predicted octanol–water partition coefficient (Wildman–Crippen LogP) is 3.34. The van der Waals surface area contributed by atoms with Crippen molar-refractivity contribution in [3.05, 3.63) is 70.8 Å². The van der Waals surface area contributed by atoms with Crippen molar-refractivity contribution in [2.24, 2.45) is 0 Å². The fraction of sp³-hybridized carbons (Fsp3) is 0.211. The third-order valence-corrected chi connectivity index (χ3v) is 3.41. The van der Waals surface area contributed by atoms with Gasteiger partial charge in [-0.05, 0) is 50.4 Å². The van der Waals surface area contributed by atoms with Crippen LogP contribution in [0.3, 0.4) is 0 Å². The minimum absolute atomic E-state index is 0.160. The van der Waals surface area contributed by atoms with E-state index in [9.17, 15) is 9.59 Å². The molecule has 0 fully saturated rings. The van der Waals surface area contributed by atoms with E-state index in [1.165, 1.54) is 4.57 Å². The van der Waals surface area contributed by atoms with Gasteiger partial charge in [-0.3, -0.25) is 9.36 Å². The zero-order valence-corrected chi connectivity index (χ0v) is 13.8. The minimum atomic E-state index is -0.659. The predicted molar refractivity (Wildman–Crippen MR) is 92.5 cm³/mol. The van der Waals surface area contributed by atoms with Gasteiger partial charge in [0.2, 0.25) is 0 Å². The second-order valence-corrected chi connectivity index (χ2v) is 6.45. The van der Waals surface area contributed by atoms with Gasteiger partial charge in [-0.1, -0.05) is 24.3 Å². The van der Waals surface area contributed by atoms with Crippen molar-refractivity contribution in [3.8, 4) is 5.82 Å². The molecule has 1 aromatic carbocycles. The van der Waals surface area contributed by atoms with Crippen molar-refractivity contribution in [3.63, 3.8) is 0 Å². The van der Waals surface area contributed by atoms with E-state index in [0.29, 0.717) is 16.6 Å². The van der Waals surface area contributed by atoms with Crippen molar-refractivity contribution in [2.45, 2.75) is 26.4 Å². The third kappa shape index (κ3) is 3.06. The highest BCUT2D eigenvalue weighted by molar-refractivity contribution is 5.94. The van der Waals surface area contributed by atoms with Crippen LogP contribution in [0.5, 0.6) is 0 Å². The average molecular weight is 322 g/mol. The molecule has 3 rings (SSSR count). The smallest absolute Gasteiger partial charge is 0.356 e. The van der Waals surface area contributed by atoms with Gasteiger partial charge in [0, 0.05) is 11.6 Å². The zero-order chi connectivity index (χ0) is 17.3. The third-order valence-electron chi connectivity index (χ3n) is 3.41. The lowest BCUT2D eigenvalue weighted by molar-refractivity contribution is 0.00593. The molecule has 0 aliphatic heterocycles. The van der Waals surface area contributed by atoms with Gasteiger partial charge >= 0.3 is 5.97 Å². The van der Waals surface area contributed by atoms with E-state index in [2.05, 4.69) is 4.98 Å². The molecule has 0 unspecified atom stereocenters. The van der Waals surface area contributed by atoms with Gasteiger partial charge in [-0.25, -0.2) is 9.78 Å². The first-order valence-electron chi connectivity index (χ1n) is 7.66. The number of rotatable bonds is 2. The van der Waals surface area contributed by atoms with E-state index >= 15 is 0 Å². The van der Waals surface area contributed by atoms with Gasteiger partial charge in [-0.2, -0.15) is 0 Å². The molecule has 5 heteroatoms. The van der Waals surface area contributed by atoms with Crippen LogP contribution < -0.4 is 5.56 Å². The van der Waals surface area contributed by atoms with Gasteiger partial charge < -0.3 is 4.74 Å². The Morgan fingerprint density at radius 1 is 1.08 bits per heavy atom. The second kappa shape index (κ2) is 5.92. The van der Waals surface area contributed by atoms with E-state index in [0.717, 1.165) is 0 Å². The molecule has 0 amide bonds. The molecule has 0 aliphatic rings. The molecule has 0 saturated heterocycles. The van der Waals surface area contributed by atoms with E-state index in [1.54, 1.807) is 69.4 Å². The number of pyridine rings is 2. The lowest BCUT2D eigenvalue weighted by Gasteiger charge is -2.21. The Morgan fingerprint density at radius 2 is 1.79 bits per heavy atom. The summed E-state index contributed by atoms with van der Waals surface area (Å²) in [6.07, 6.45) is 1.58. The summed E-state index contributed by atoms with van der Waals surface area (Å²) >= 11 is 0. The minimum Gasteiger partial charge on any atom is -0.455 e. The summed E-state index contributed by atoms with van der Waals surface area (Å²) in [5.41, 5.74) is -0.798. The monoisotopic (exact) mass is 322 g/mol. The molecule has 0 bridgehead atoms. The molecule has 24 heavy (non-hydrogen) atoms. The zero-order valence-electron chi connectivity index (χ0n) is 13.8. The summed E-state index contributed by atoms with van der Waals surface area (Å²) in [4.78, 5) is 29.8. The number of fused-ring (bicyclic) bond motifs is 1. The fourth-order valence-electron chi connectivity index (χ4n) is 2.45. The Labute approximate surface area is 139 Å². The van der Waals surface area contributed by atoms with E-state index in [1.807, 2.05) is 6.07 Å². The summed E-state index contributed by atoms with van der Waals surface area (Å²) in [6.45, 7) is 5.36. The molecule has 0 atom stereocenters. The molecule has 0 N–H and O–H groups in total. The number of hydrogen-bond acceptors (Lipinski definition) is 4. The fourth-order valence-corrected chi connectivity index (χ4v) is 2.45. The van der Waals surface area contributed by atoms with Crippen molar-refractivity contribution < 1.29 is 9.53 Å². The maximum atomic E-state index is 12.9.